The van der Waals surface area contributed by atoms with Gasteiger partial charge in [0.05, 0.1) is 10.5 Å². The molecule has 0 amide bonds. The molecule has 5 heteroatoms. The summed E-state index contributed by atoms with van der Waals surface area (Å²) in [5.41, 5.74) is 1.33. The fourth-order valence-corrected chi connectivity index (χ4v) is 2.40. The van der Waals surface area contributed by atoms with Crippen LogP contribution in [0.5, 0.6) is 5.75 Å². The summed E-state index contributed by atoms with van der Waals surface area (Å²) in [5.74, 6) is 0.497. The molecule has 0 heterocycles. The molecule has 114 valence electrons. The van der Waals surface area contributed by atoms with Crippen LogP contribution in [0.1, 0.15) is 15.9 Å². The zero-order valence-corrected chi connectivity index (χ0v) is 12.1. The highest BCUT2D eigenvalue weighted by molar-refractivity contribution is 6.00. The fraction of sp³-hybridized carbons (Fsp3) is 0.0556. The van der Waals surface area contributed by atoms with Crippen molar-refractivity contribution >= 4 is 22.7 Å². The number of carbonyl (C=O) groups is 1. The summed E-state index contributed by atoms with van der Waals surface area (Å²) in [6.07, 6.45) is 0.785. The quantitative estimate of drug-likeness (QED) is 0.403. The number of rotatable bonds is 5. The Bertz CT molecular complexity index is 872. The summed E-state index contributed by atoms with van der Waals surface area (Å²) in [6, 6.07) is 17.4. The minimum absolute atomic E-state index is 0.0352. The number of nitro groups is 1. The van der Waals surface area contributed by atoms with Gasteiger partial charge in [-0.1, -0.05) is 30.3 Å². The van der Waals surface area contributed by atoms with Crippen molar-refractivity contribution in [1.29, 1.82) is 0 Å². The van der Waals surface area contributed by atoms with Gasteiger partial charge in [-0.05, 0) is 34.5 Å². The smallest absolute Gasteiger partial charge is 0.269 e. The van der Waals surface area contributed by atoms with Crippen molar-refractivity contribution in [2.24, 2.45) is 0 Å². The van der Waals surface area contributed by atoms with Crippen LogP contribution in [0.4, 0.5) is 5.69 Å². The second kappa shape index (κ2) is 6.27. The molecule has 5 nitrogen and oxygen atoms in total. The Balaban J connectivity index is 1.84. The van der Waals surface area contributed by atoms with Gasteiger partial charge in [-0.15, -0.1) is 0 Å². The van der Waals surface area contributed by atoms with Gasteiger partial charge in [0.2, 0.25) is 0 Å². The van der Waals surface area contributed by atoms with Crippen LogP contribution >= 0.6 is 0 Å². The van der Waals surface area contributed by atoms with Gasteiger partial charge in [0.1, 0.15) is 12.4 Å². The molecule has 0 radical (unpaired) electrons. The first kappa shape index (κ1) is 14.7. The van der Waals surface area contributed by atoms with Gasteiger partial charge in [0.25, 0.3) is 5.69 Å². The largest absolute Gasteiger partial charge is 0.488 e. The zero-order valence-electron chi connectivity index (χ0n) is 12.1. The Morgan fingerprint density at radius 1 is 1.00 bits per heavy atom. The zero-order chi connectivity index (χ0) is 16.2. The predicted molar refractivity (Wildman–Crippen MR) is 86.8 cm³/mol. The molecule has 0 aliphatic carbocycles. The van der Waals surface area contributed by atoms with Crippen LogP contribution in [0.15, 0.2) is 60.7 Å². The molecule has 3 aromatic rings. The molecule has 23 heavy (non-hydrogen) atoms. The van der Waals surface area contributed by atoms with E-state index in [1.165, 1.54) is 12.1 Å². The molecule has 0 saturated carbocycles. The topological polar surface area (TPSA) is 69.4 Å². The van der Waals surface area contributed by atoms with E-state index in [4.69, 9.17) is 4.74 Å². The Labute approximate surface area is 132 Å². The molecule has 0 bridgehead atoms. The van der Waals surface area contributed by atoms with Crippen molar-refractivity contribution in [3.8, 4) is 5.75 Å². The summed E-state index contributed by atoms with van der Waals surface area (Å²) < 4.78 is 5.72. The SMILES string of the molecule is O=Cc1c(OCc2ccc([N+](=O)[O-])cc2)ccc2ccccc12. The molecule has 3 aromatic carbocycles. The van der Waals surface area contributed by atoms with E-state index < -0.39 is 4.92 Å². The highest BCUT2D eigenvalue weighted by atomic mass is 16.6. The number of aldehydes is 1. The van der Waals surface area contributed by atoms with Gasteiger partial charge in [-0.2, -0.15) is 0 Å². The summed E-state index contributed by atoms with van der Waals surface area (Å²) >= 11 is 0. The minimum atomic E-state index is -0.446. The van der Waals surface area contributed by atoms with Crippen LogP contribution in [-0.4, -0.2) is 11.2 Å². The third kappa shape index (κ3) is 3.03. The minimum Gasteiger partial charge on any atom is -0.488 e. The lowest BCUT2D eigenvalue weighted by molar-refractivity contribution is -0.384. The summed E-state index contributed by atoms with van der Waals surface area (Å²) in [7, 11) is 0. The first-order chi connectivity index (χ1) is 11.2. The van der Waals surface area contributed by atoms with Gasteiger partial charge in [-0.25, -0.2) is 0 Å². The maximum Gasteiger partial charge on any atom is 0.269 e. The van der Waals surface area contributed by atoms with Gasteiger partial charge in [0.15, 0.2) is 6.29 Å². The number of hydrogen-bond donors (Lipinski definition) is 0. The van der Waals surface area contributed by atoms with Crippen LogP contribution in [0.25, 0.3) is 10.8 Å². The predicted octanol–water partition coefficient (Wildman–Crippen LogP) is 4.14. The monoisotopic (exact) mass is 307 g/mol. The molecule has 0 spiro atoms. The lowest BCUT2D eigenvalue weighted by Gasteiger charge is -2.10. The Kier molecular flexibility index (Phi) is 4.01. The standard InChI is InChI=1S/C18H13NO4/c20-11-17-16-4-2-1-3-14(16)7-10-18(17)23-12-13-5-8-15(9-6-13)19(21)22/h1-11H,12H2. The second-order valence-corrected chi connectivity index (χ2v) is 5.03. The van der Waals surface area contributed by atoms with E-state index in [0.717, 1.165) is 22.6 Å². The number of benzene rings is 3. The lowest BCUT2D eigenvalue weighted by Crippen LogP contribution is -1.99. The number of hydrogen-bond acceptors (Lipinski definition) is 4. The van der Waals surface area contributed by atoms with E-state index in [1.54, 1.807) is 18.2 Å². The molecule has 0 fully saturated rings. The van der Waals surface area contributed by atoms with E-state index in [0.29, 0.717) is 11.3 Å². The summed E-state index contributed by atoms with van der Waals surface area (Å²) in [4.78, 5) is 21.6. The first-order valence-corrected chi connectivity index (χ1v) is 7.02. The maximum atomic E-state index is 11.4. The molecule has 3 rings (SSSR count). The van der Waals surface area contributed by atoms with E-state index in [1.807, 2.05) is 30.3 Å². The number of nitro benzene ring substituents is 1. The van der Waals surface area contributed by atoms with Crippen LogP contribution in [0.3, 0.4) is 0 Å². The number of carbonyl (C=O) groups excluding carboxylic acids is 1. The first-order valence-electron chi connectivity index (χ1n) is 7.02. The Morgan fingerprint density at radius 3 is 2.43 bits per heavy atom. The van der Waals surface area contributed by atoms with Crippen molar-refractivity contribution in [3.05, 3.63) is 81.9 Å². The van der Waals surface area contributed by atoms with Crippen molar-refractivity contribution in [2.75, 3.05) is 0 Å². The molecule has 0 aliphatic heterocycles. The Hall–Kier alpha value is -3.21. The average molecular weight is 307 g/mol. The van der Waals surface area contributed by atoms with E-state index in [2.05, 4.69) is 0 Å². The number of fused-ring (bicyclic) bond motifs is 1. The molecule has 0 N–H and O–H groups in total. The molecule has 0 aromatic heterocycles. The molecule has 0 saturated heterocycles. The van der Waals surface area contributed by atoms with Gasteiger partial charge in [0, 0.05) is 12.1 Å². The molecule has 0 aliphatic rings. The fourth-order valence-electron chi connectivity index (χ4n) is 2.40. The number of nitrogens with zero attached hydrogens (tertiary/aromatic N) is 1. The van der Waals surface area contributed by atoms with Crippen molar-refractivity contribution in [3.63, 3.8) is 0 Å². The average Bonchev–Trinajstić information content (AvgIpc) is 2.59. The van der Waals surface area contributed by atoms with E-state index in [9.17, 15) is 14.9 Å². The lowest BCUT2D eigenvalue weighted by atomic mass is 10.0. The third-order valence-corrected chi connectivity index (χ3v) is 3.59. The van der Waals surface area contributed by atoms with E-state index in [-0.39, 0.29) is 12.3 Å². The molecular formula is C18H13NO4. The number of ether oxygens (including phenoxy) is 1. The molecular weight excluding hydrogens is 294 g/mol. The van der Waals surface area contributed by atoms with E-state index >= 15 is 0 Å². The van der Waals surface area contributed by atoms with Crippen LogP contribution in [0, 0.1) is 10.1 Å². The van der Waals surface area contributed by atoms with Crippen molar-refractivity contribution in [1.82, 2.24) is 0 Å². The number of non-ortho nitro benzene ring substituents is 1. The summed E-state index contributed by atoms with van der Waals surface area (Å²) in [5, 5.41) is 12.4. The third-order valence-electron chi connectivity index (χ3n) is 3.59. The van der Waals surface area contributed by atoms with Gasteiger partial charge in [-0.3, -0.25) is 14.9 Å². The van der Waals surface area contributed by atoms with Crippen LogP contribution in [0.2, 0.25) is 0 Å². The van der Waals surface area contributed by atoms with Gasteiger partial charge >= 0.3 is 0 Å². The van der Waals surface area contributed by atoms with Crippen LogP contribution in [-0.2, 0) is 6.61 Å². The van der Waals surface area contributed by atoms with Crippen LogP contribution < -0.4 is 4.74 Å². The summed E-state index contributed by atoms with van der Waals surface area (Å²) in [6.45, 7) is 0.233. The normalized spacial score (nSPS) is 10.4. The maximum absolute atomic E-state index is 11.4. The molecule has 0 unspecified atom stereocenters. The van der Waals surface area contributed by atoms with Crippen molar-refractivity contribution < 1.29 is 14.5 Å². The van der Waals surface area contributed by atoms with Gasteiger partial charge < -0.3 is 4.74 Å². The molecule has 0 atom stereocenters. The second-order valence-electron chi connectivity index (χ2n) is 5.03. The Morgan fingerprint density at radius 2 is 1.74 bits per heavy atom. The highest BCUT2D eigenvalue weighted by Gasteiger charge is 2.09. The highest BCUT2D eigenvalue weighted by Crippen LogP contribution is 2.27. The van der Waals surface area contributed by atoms with Crippen molar-refractivity contribution in [2.45, 2.75) is 6.61 Å².